The number of pyridine rings is 1. The molecule has 5 heteroatoms. The first-order valence-electron chi connectivity index (χ1n) is 12.0. The first-order chi connectivity index (χ1) is 15.3. The van der Waals surface area contributed by atoms with Crippen molar-refractivity contribution in [2.45, 2.75) is 48.0 Å². The number of rotatable bonds is 11. The Kier molecular flexibility index (Phi) is 8.19. The number of fused-ring (bicyclic) bond motifs is 1. The predicted molar refractivity (Wildman–Crippen MR) is 136 cm³/mol. The van der Waals surface area contributed by atoms with Gasteiger partial charge in [-0.2, -0.15) is 0 Å². The average molecular weight is 437 g/mol. The van der Waals surface area contributed by atoms with E-state index in [9.17, 15) is 0 Å². The summed E-state index contributed by atoms with van der Waals surface area (Å²) in [6.07, 6.45) is 3.24. The number of para-hydroxylation sites is 1. The number of anilines is 1. The number of nitrogens with zero attached hydrogens (tertiary/aromatic N) is 3. The summed E-state index contributed by atoms with van der Waals surface area (Å²) >= 11 is 0. The Balaban J connectivity index is 1.88. The molecule has 0 bridgehead atoms. The van der Waals surface area contributed by atoms with E-state index >= 15 is 0 Å². The number of ether oxygens (including phenoxy) is 1. The van der Waals surface area contributed by atoms with E-state index < -0.39 is 0 Å². The molecule has 0 aliphatic rings. The van der Waals surface area contributed by atoms with Crippen LogP contribution in [0.25, 0.3) is 16.9 Å². The van der Waals surface area contributed by atoms with Crippen LogP contribution < -0.4 is 10.1 Å². The number of aromatic nitrogens is 2. The van der Waals surface area contributed by atoms with Crippen molar-refractivity contribution in [3.8, 4) is 17.0 Å². The van der Waals surface area contributed by atoms with Crippen LogP contribution >= 0.6 is 0 Å². The van der Waals surface area contributed by atoms with Gasteiger partial charge in [0.05, 0.1) is 0 Å². The molecule has 2 aromatic heterocycles. The van der Waals surface area contributed by atoms with E-state index in [1.807, 2.05) is 18.2 Å². The molecule has 0 fully saturated rings. The molecule has 174 valence electrons. The van der Waals surface area contributed by atoms with Crippen LogP contribution in [0, 0.1) is 11.3 Å². The van der Waals surface area contributed by atoms with E-state index in [2.05, 4.69) is 86.6 Å². The summed E-state index contributed by atoms with van der Waals surface area (Å²) in [6.45, 7) is 18.1. The zero-order valence-electron chi connectivity index (χ0n) is 20.7. The lowest BCUT2D eigenvalue weighted by Gasteiger charge is -2.24. The van der Waals surface area contributed by atoms with Gasteiger partial charge in [-0.3, -0.25) is 4.40 Å². The minimum Gasteiger partial charge on any atom is -0.492 e. The third-order valence-corrected chi connectivity index (χ3v) is 5.81. The molecule has 3 aromatic rings. The monoisotopic (exact) mass is 436 g/mol. The molecule has 2 heterocycles. The molecular weight excluding hydrogens is 396 g/mol. The van der Waals surface area contributed by atoms with Gasteiger partial charge in [0, 0.05) is 24.8 Å². The van der Waals surface area contributed by atoms with Gasteiger partial charge in [-0.15, -0.1) is 0 Å². The molecule has 32 heavy (non-hydrogen) atoms. The average Bonchev–Trinajstić information content (AvgIpc) is 3.13. The fourth-order valence-electron chi connectivity index (χ4n) is 4.35. The Morgan fingerprint density at radius 1 is 1.06 bits per heavy atom. The molecule has 0 amide bonds. The van der Waals surface area contributed by atoms with Crippen molar-refractivity contribution >= 4 is 11.5 Å². The quantitative estimate of drug-likeness (QED) is 0.388. The molecule has 3 rings (SSSR count). The van der Waals surface area contributed by atoms with Gasteiger partial charge >= 0.3 is 0 Å². The van der Waals surface area contributed by atoms with Gasteiger partial charge in [0.2, 0.25) is 0 Å². The Morgan fingerprint density at radius 2 is 1.78 bits per heavy atom. The maximum absolute atomic E-state index is 6.25. The molecule has 0 aliphatic heterocycles. The fraction of sp³-hybridized carbons (Fsp3) is 0.519. The Bertz CT molecular complexity index is 985. The van der Waals surface area contributed by atoms with E-state index in [4.69, 9.17) is 9.72 Å². The van der Waals surface area contributed by atoms with Crippen LogP contribution in [0.3, 0.4) is 0 Å². The number of likely N-dealkylation sites (N-methyl/N-ethyl adjacent to an activating group) is 1. The highest BCUT2D eigenvalue weighted by molar-refractivity contribution is 5.80. The summed E-state index contributed by atoms with van der Waals surface area (Å²) in [5, 5.41) is 3.71. The van der Waals surface area contributed by atoms with Crippen LogP contribution in [-0.4, -0.2) is 47.1 Å². The number of nitrogens with one attached hydrogen (secondary N) is 1. The highest BCUT2D eigenvalue weighted by atomic mass is 16.5. The van der Waals surface area contributed by atoms with Crippen molar-refractivity contribution in [3.63, 3.8) is 0 Å². The van der Waals surface area contributed by atoms with Crippen molar-refractivity contribution < 1.29 is 4.74 Å². The molecule has 0 radical (unpaired) electrons. The Labute approximate surface area is 193 Å². The lowest BCUT2D eigenvalue weighted by Crippen LogP contribution is -2.27. The Morgan fingerprint density at radius 3 is 2.50 bits per heavy atom. The van der Waals surface area contributed by atoms with Gasteiger partial charge in [-0.05, 0) is 55.1 Å². The first kappa shape index (κ1) is 24.1. The summed E-state index contributed by atoms with van der Waals surface area (Å²) in [5.41, 5.74) is 3.22. The molecule has 1 unspecified atom stereocenters. The largest absolute Gasteiger partial charge is 0.492 e. The minimum atomic E-state index is 0.314. The molecular formula is C27H40N4O. The molecule has 5 nitrogen and oxygen atoms in total. The highest BCUT2D eigenvalue weighted by Crippen LogP contribution is 2.35. The van der Waals surface area contributed by atoms with E-state index in [1.54, 1.807) is 0 Å². The van der Waals surface area contributed by atoms with Crippen LogP contribution in [0.1, 0.15) is 48.0 Å². The maximum atomic E-state index is 6.25. The SMILES string of the molecule is CCN(CC)CCOc1ccccc1-c1nc2ccccn2c1NCC(C)CC(C)(C)C. The zero-order chi connectivity index (χ0) is 23.1. The van der Waals surface area contributed by atoms with Gasteiger partial charge in [0.15, 0.2) is 0 Å². The predicted octanol–water partition coefficient (Wildman–Crippen LogP) is 6.21. The Hall–Kier alpha value is -2.53. The van der Waals surface area contributed by atoms with Crippen molar-refractivity contribution in [2.75, 3.05) is 38.1 Å². The van der Waals surface area contributed by atoms with Gasteiger partial charge in [-0.1, -0.05) is 59.7 Å². The summed E-state index contributed by atoms with van der Waals surface area (Å²) < 4.78 is 8.39. The van der Waals surface area contributed by atoms with E-state index in [-0.39, 0.29) is 0 Å². The topological polar surface area (TPSA) is 41.8 Å². The number of benzene rings is 1. The van der Waals surface area contributed by atoms with Crippen LogP contribution in [0.15, 0.2) is 48.7 Å². The third-order valence-electron chi connectivity index (χ3n) is 5.81. The first-order valence-corrected chi connectivity index (χ1v) is 12.0. The van der Waals surface area contributed by atoms with Gasteiger partial charge in [0.25, 0.3) is 0 Å². The maximum Gasteiger partial charge on any atom is 0.139 e. The summed E-state index contributed by atoms with van der Waals surface area (Å²) in [4.78, 5) is 7.35. The van der Waals surface area contributed by atoms with Gasteiger partial charge in [0.1, 0.15) is 29.5 Å². The van der Waals surface area contributed by atoms with Crippen molar-refractivity contribution in [2.24, 2.45) is 11.3 Å². The molecule has 1 N–H and O–H groups in total. The number of imidazole rings is 1. The second kappa shape index (κ2) is 10.9. The summed E-state index contributed by atoms with van der Waals surface area (Å²) in [5.74, 6) is 2.47. The third kappa shape index (κ3) is 6.26. The van der Waals surface area contributed by atoms with Crippen molar-refractivity contribution in [1.82, 2.24) is 14.3 Å². The second-order valence-electron chi connectivity index (χ2n) is 9.86. The molecule has 0 aliphatic carbocycles. The van der Waals surface area contributed by atoms with Crippen LogP contribution in [0.5, 0.6) is 5.75 Å². The zero-order valence-corrected chi connectivity index (χ0v) is 20.7. The fourth-order valence-corrected chi connectivity index (χ4v) is 4.35. The van der Waals surface area contributed by atoms with Crippen LogP contribution in [0.4, 0.5) is 5.82 Å². The van der Waals surface area contributed by atoms with Crippen LogP contribution in [0.2, 0.25) is 0 Å². The lowest BCUT2D eigenvalue weighted by molar-refractivity contribution is 0.223. The number of hydrogen-bond acceptors (Lipinski definition) is 4. The highest BCUT2D eigenvalue weighted by Gasteiger charge is 2.20. The summed E-state index contributed by atoms with van der Waals surface area (Å²) in [7, 11) is 0. The number of hydrogen-bond donors (Lipinski definition) is 1. The molecule has 1 atom stereocenters. The summed E-state index contributed by atoms with van der Waals surface area (Å²) in [6, 6.07) is 14.4. The molecule has 0 saturated carbocycles. The second-order valence-corrected chi connectivity index (χ2v) is 9.86. The van der Waals surface area contributed by atoms with Crippen LogP contribution in [-0.2, 0) is 0 Å². The normalized spacial score (nSPS) is 13.0. The van der Waals surface area contributed by atoms with Crippen molar-refractivity contribution in [3.05, 3.63) is 48.7 Å². The molecule has 0 spiro atoms. The van der Waals surface area contributed by atoms with Gasteiger partial charge in [-0.25, -0.2) is 4.98 Å². The van der Waals surface area contributed by atoms with E-state index in [1.165, 1.54) is 0 Å². The van der Waals surface area contributed by atoms with E-state index in [0.717, 1.165) is 61.1 Å². The lowest BCUT2D eigenvalue weighted by atomic mass is 9.85. The van der Waals surface area contributed by atoms with Crippen molar-refractivity contribution in [1.29, 1.82) is 0 Å². The molecule has 1 aromatic carbocycles. The standard InChI is InChI=1S/C27H40N4O/c1-7-30(8-2)17-18-32-23-14-10-9-13-22(23)25-26(28-20-21(3)19-27(4,5)6)31-16-12-11-15-24(31)29-25/h9-16,21,28H,7-8,17-20H2,1-6H3. The minimum absolute atomic E-state index is 0.314. The van der Waals surface area contributed by atoms with Gasteiger partial charge < -0.3 is 15.0 Å². The van der Waals surface area contributed by atoms with E-state index in [0.29, 0.717) is 17.9 Å². The smallest absolute Gasteiger partial charge is 0.139 e. The molecule has 0 saturated heterocycles.